The molecule has 2 aromatic rings. The number of halogens is 2. The highest BCUT2D eigenvalue weighted by molar-refractivity contribution is 7.89. The number of hydrogen-bond donors (Lipinski definition) is 2. The number of carboxylic acid groups (broad SMARTS) is 1. The van der Waals surface area contributed by atoms with Crippen molar-refractivity contribution >= 4 is 16.0 Å². The molecule has 0 amide bonds. The van der Waals surface area contributed by atoms with Gasteiger partial charge in [-0.2, -0.15) is 0 Å². The van der Waals surface area contributed by atoms with E-state index in [0.29, 0.717) is 11.1 Å². The van der Waals surface area contributed by atoms with Gasteiger partial charge in [0.05, 0.1) is 10.5 Å². The van der Waals surface area contributed by atoms with Gasteiger partial charge in [-0.1, -0.05) is 24.3 Å². The van der Waals surface area contributed by atoms with Gasteiger partial charge in [-0.15, -0.1) is 0 Å². The Labute approximate surface area is 150 Å². The molecular formula is C18H19F2NO4S. The Morgan fingerprint density at radius 2 is 1.88 bits per heavy atom. The van der Waals surface area contributed by atoms with E-state index in [9.17, 15) is 22.0 Å². The van der Waals surface area contributed by atoms with Crippen LogP contribution in [0.15, 0.2) is 47.4 Å². The van der Waals surface area contributed by atoms with Crippen LogP contribution in [0, 0.1) is 6.92 Å². The second-order valence-electron chi connectivity index (χ2n) is 6.02. The molecule has 0 saturated carbocycles. The van der Waals surface area contributed by atoms with Crippen LogP contribution in [0.25, 0.3) is 0 Å². The van der Waals surface area contributed by atoms with Crippen molar-refractivity contribution in [3.8, 4) is 0 Å². The summed E-state index contributed by atoms with van der Waals surface area (Å²) in [6.45, 7) is 2.37. The lowest BCUT2D eigenvalue weighted by Crippen LogP contribution is -2.26. The SMILES string of the molecule is Cc1ccc(S(=O)(=O)NCCc2cccc(C(C)(F)F)c2)cc1C(=O)O. The summed E-state index contributed by atoms with van der Waals surface area (Å²) in [6, 6.07) is 9.62. The van der Waals surface area contributed by atoms with Gasteiger partial charge in [-0.3, -0.25) is 0 Å². The molecule has 0 aliphatic rings. The van der Waals surface area contributed by atoms with Crippen LogP contribution in [0.3, 0.4) is 0 Å². The van der Waals surface area contributed by atoms with E-state index >= 15 is 0 Å². The Hall–Kier alpha value is -2.32. The summed E-state index contributed by atoms with van der Waals surface area (Å²) in [5.41, 5.74) is 0.795. The molecule has 0 aromatic heterocycles. The molecule has 0 saturated heterocycles. The second-order valence-corrected chi connectivity index (χ2v) is 7.79. The number of carboxylic acids is 1. The smallest absolute Gasteiger partial charge is 0.335 e. The molecule has 0 fully saturated rings. The van der Waals surface area contributed by atoms with E-state index in [1.165, 1.54) is 30.3 Å². The zero-order valence-electron chi connectivity index (χ0n) is 14.3. The monoisotopic (exact) mass is 383 g/mol. The van der Waals surface area contributed by atoms with Crippen molar-refractivity contribution in [2.24, 2.45) is 0 Å². The first-order valence-corrected chi connectivity index (χ1v) is 9.30. The van der Waals surface area contributed by atoms with Crippen molar-refractivity contribution in [2.75, 3.05) is 6.54 Å². The molecule has 0 bridgehead atoms. The highest BCUT2D eigenvalue weighted by atomic mass is 32.2. The van der Waals surface area contributed by atoms with Gasteiger partial charge in [-0.25, -0.2) is 26.7 Å². The second kappa shape index (κ2) is 7.51. The van der Waals surface area contributed by atoms with E-state index in [-0.39, 0.29) is 29.0 Å². The molecule has 0 aliphatic heterocycles. The van der Waals surface area contributed by atoms with Gasteiger partial charge in [-0.05, 0) is 42.7 Å². The van der Waals surface area contributed by atoms with Crippen LogP contribution in [-0.2, 0) is 22.4 Å². The predicted molar refractivity (Wildman–Crippen MR) is 93.0 cm³/mol. The summed E-state index contributed by atoms with van der Waals surface area (Å²) in [5, 5.41) is 9.10. The van der Waals surface area contributed by atoms with E-state index in [0.717, 1.165) is 13.0 Å². The minimum absolute atomic E-state index is 0.00263. The van der Waals surface area contributed by atoms with Crippen LogP contribution >= 0.6 is 0 Å². The zero-order valence-corrected chi connectivity index (χ0v) is 15.1. The quantitative estimate of drug-likeness (QED) is 0.768. The van der Waals surface area contributed by atoms with Gasteiger partial charge in [0.1, 0.15) is 0 Å². The van der Waals surface area contributed by atoms with Gasteiger partial charge >= 0.3 is 5.97 Å². The van der Waals surface area contributed by atoms with Crippen LogP contribution in [0.4, 0.5) is 8.78 Å². The lowest BCUT2D eigenvalue weighted by atomic mass is 10.0. The maximum absolute atomic E-state index is 13.3. The maximum Gasteiger partial charge on any atom is 0.335 e. The van der Waals surface area contributed by atoms with Gasteiger partial charge in [0.25, 0.3) is 5.92 Å². The van der Waals surface area contributed by atoms with Crippen molar-refractivity contribution in [3.63, 3.8) is 0 Å². The molecule has 0 heterocycles. The van der Waals surface area contributed by atoms with Crippen LogP contribution in [0.2, 0.25) is 0 Å². The third kappa shape index (κ3) is 4.86. The average molecular weight is 383 g/mol. The molecule has 0 radical (unpaired) electrons. The van der Waals surface area contributed by atoms with Gasteiger partial charge in [0, 0.05) is 19.0 Å². The normalized spacial score (nSPS) is 12.2. The van der Waals surface area contributed by atoms with Crippen LogP contribution in [-0.4, -0.2) is 26.0 Å². The molecule has 26 heavy (non-hydrogen) atoms. The van der Waals surface area contributed by atoms with E-state index < -0.39 is 21.9 Å². The lowest BCUT2D eigenvalue weighted by Gasteiger charge is -2.12. The Bertz CT molecular complexity index is 921. The fourth-order valence-corrected chi connectivity index (χ4v) is 3.47. The molecule has 140 valence electrons. The van der Waals surface area contributed by atoms with Crippen molar-refractivity contribution in [1.29, 1.82) is 0 Å². The van der Waals surface area contributed by atoms with E-state index in [1.807, 2.05) is 0 Å². The first kappa shape index (κ1) is 20.0. The fraction of sp³-hybridized carbons (Fsp3) is 0.278. The lowest BCUT2D eigenvalue weighted by molar-refractivity contribution is 0.0174. The minimum atomic E-state index is -3.90. The molecule has 0 spiro atoms. The van der Waals surface area contributed by atoms with Crippen molar-refractivity contribution in [1.82, 2.24) is 4.72 Å². The Morgan fingerprint density at radius 3 is 2.50 bits per heavy atom. The number of carbonyl (C=O) groups is 1. The third-order valence-corrected chi connectivity index (χ3v) is 5.35. The summed E-state index contributed by atoms with van der Waals surface area (Å²) in [5.74, 6) is -4.18. The zero-order chi connectivity index (χ0) is 19.5. The number of nitrogens with one attached hydrogen (secondary N) is 1. The summed E-state index contributed by atoms with van der Waals surface area (Å²) in [4.78, 5) is 11.0. The van der Waals surface area contributed by atoms with Crippen LogP contribution in [0.1, 0.15) is 34.0 Å². The molecule has 0 aliphatic carbocycles. The van der Waals surface area contributed by atoms with Gasteiger partial charge in [0.15, 0.2) is 0 Å². The number of rotatable bonds is 7. The summed E-state index contributed by atoms with van der Waals surface area (Å²) < 4.78 is 53.7. The highest BCUT2D eigenvalue weighted by Gasteiger charge is 2.24. The van der Waals surface area contributed by atoms with Crippen LogP contribution < -0.4 is 4.72 Å². The average Bonchev–Trinajstić information content (AvgIpc) is 2.54. The van der Waals surface area contributed by atoms with Crippen LogP contribution in [0.5, 0.6) is 0 Å². The number of alkyl halides is 2. The summed E-state index contributed by atoms with van der Waals surface area (Å²) in [7, 11) is -3.90. The number of aryl methyl sites for hydroxylation is 1. The van der Waals surface area contributed by atoms with E-state index in [1.54, 1.807) is 13.0 Å². The van der Waals surface area contributed by atoms with Gasteiger partial charge < -0.3 is 5.11 Å². The molecule has 0 atom stereocenters. The predicted octanol–water partition coefficient (Wildman–Crippen LogP) is 3.33. The van der Waals surface area contributed by atoms with Crippen molar-refractivity contribution in [3.05, 3.63) is 64.7 Å². The number of benzene rings is 2. The molecule has 2 N–H and O–H groups in total. The Kier molecular flexibility index (Phi) is 5.77. The number of hydrogen-bond acceptors (Lipinski definition) is 3. The van der Waals surface area contributed by atoms with Gasteiger partial charge in [0.2, 0.25) is 10.0 Å². The minimum Gasteiger partial charge on any atom is -0.478 e. The Balaban J connectivity index is 2.10. The summed E-state index contributed by atoms with van der Waals surface area (Å²) >= 11 is 0. The standard InChI is InChI=1S/C18H19F2NO4S/c1-12-6-7-15(11-16(12)17(22)23)26(24,25)21-9-8-13-4-3-5-14(10-13)18(2,19)20/h3-7,10-11,21H,8-9H2,1-2H3,(H,22,23). The molecule has 2 aromatic carbocycles. The van der Waals surface area contributed by atoms with Crippen molar-refractivity contribution < 1.29 is 27.1 Å². The number of aromatic carboxylic acids is 1. The largest absolute Gasteiger partial charge is 0.478 e. The Morgan fingerprint density at radius 1 is 1.19 bits per heavy atom. The van der Waals surface area contributed by atoms with Crippen molar-refractivity contribution in [2.45, 2.75) is 31.1 Å². The highest BCUT2D eigenvalue weighted by Crippen LogP contribution is 2.27. The fourth-order valence-electron chi connectivity index (χ4n) is 2.41. The first-order chi connectivity index (χ1) is 12.0. The summed E-state index contributed by atoms with van der Waals surface area (Å²) in [6.07, 6.45) is 0.223. The number of sulfonamides is 1. The first-order valence-electron chi connectivity index (χ1n) is 7.81. The molecule has 8 heteroatoms. The van der Waals surface area contributed by atoms with E-state index in [4.69, 9.17) is 5.11 Å². The third-order valence-electron chi connectivity index (χ3n) is 3.89. The molecule has 2 rings (SSSR count). The molecule has 5 nitrogen and oxygen atoms in total. The van der Waals surface area contributed by atoms with E-state index in [2.05, 4.69) is 4.72 Å². The molecule has 0 unspecified atom stereocenters. The maximum atomic E-state index is 13.3. The molecular weight excluding hydrogens is 364 g/mol. The topological polar surface area (TPSA) is 83.5 Å².